The summed E-state index contributed by atoms with van der Waals surface area (Å²) in [6.45, 7) is 3.19. The van der Waals surface area contributed by atoms with E-state index in [-0.39, 0.29) is 0 Å². The van der Waals surface area contributed by atoms with Crippen LogP contribution in [0.15, 0.2) is 24.3 Å². The Labute approximate surface area is 110 Å². The third-order valence-electron chi connectivity index (χ3n) is 4.78. The Morgan fingerprint density at radius 1 is 1.22 bits per heavy atom. The standard InChI is InChI=1S/C16H24N2/c1-12-4-3-5-13(8-12)11-17-14-9-15-6-7-16(10-14)18(15)2/h3-5,8,14-17H,6-7,9-11H2,1-2H3. The van der Waals surface area contributed by atoms with Gasteiger partial charge in [-0.3, -0.25) is 0 Å². The highest BCUT2D eigenvalue weighted by molar-refractivity contribution is 5.22. The van der Waals surface area contributed by atoms with E-state index in [1.165, 1.54) is 36.8 Å². The minimum Gasteiger partial charge on any atom is -0.310 e. The molecule has 2 fully saturated rings. The minimum atomic E-state index is 0.721. The molecule has 2 saturated heterocycles. The van der Waals surface area contributed by atoms with E-state index in [1.54, 1.807) is 0 Å². The first-order chi connectivity index (χ1) is 8.72. The van der Waals surface area contributed by atoms with Crippen molar-refractivity contribution in [3.63, 3.8) is 0 Å². The second-order valence-electron chi connectivity index (χ2n) is 6.09. The smallest absolute Gasteiger partial charge is 0.0208 e. The Bertz CT molecular complexity index is 401. The normalized spacial score (nSPS) is 31.8. The van der Waals surface area contributed by atoms with Gasteiger partial charge in [0.1, 0.15) is 0 Å². The fourth-order valence-electron chi connectivity index (χ4n) is 3.66. The third-order valence-corrected chi connectivity index (χ3v) is 4.78. The first kappa shape index (κ1) is 12.2. The van der Waals surface area contributed by atoms with Gasteiger partial charge in [0.2, 0.25) is 0 Å². The number of rotatable bonds is 3. The van der Waals surface area contributed by atoms with E-state index in [9.17, 15) is 0 Å². The van der Waals surface area contributed by atoms with E-state index >= 15 is 0 Å². The Morgan fingerprint density at radius 2 is 1.94 bits per heavy atom. The van der Waals surface area contributed by atoms with Crippen molar-refractivity contribution in [2.45, 2.75) is 57.3 Å². The molecule has 2 bridgehead atoms. The number of fused-ring (bicyclic) bond motifs is 2. The van der Waals surface area contributed by atoms with Crippen LogP contribution in [0.5, 0.6) is 0 Å². The number of nitrogens with one attached hydrogen (secondary N) is 1. The van der Waals surface area contributed by atoms with Gasteiger partial charge in [-0.05, 0) is 45.2 Å². The van der Waals surface area contributed by atoms with Crippen LogP contribution >= 0.6 is 0 Å². The maximum absolute atomic E-state index is 3.76. The van der Waals surface area contributed by atoms with E-state index in [0.717, 1.165) is 24.7 Å². The fourth-order valence-corrected chi connectivity index (χ4v) is 3.66. The van der Waals surface area contributed by atoms with Gasteiger partial charge in [0.15, 0.2) is 0 Å². The molecule has 0 aliphatic carbocycles. The molecule has 0 saturated carbocycles. The van der Waals surface area contributed by atoms with Gasteiger partial charge in [-0.1, -0.05) is 29.8 Å². The number of hydrogen-bond acceptors (Lipinski definition) is 2. The van der Waals surface area contributed by atoms with Crippen molar-refractivity contribution >= 4 is 0 Å². The van der Waals surface area contributed by atoms with Crippen molar-refractivity contribution < 1.29 is 0 Å². The topological polar surface area (TPSA) is 15.3 Å². The summed E-state index contributed by atoms with van der Waals surface area (Å²) < 4.78 is 0. The maximum Gasteiger partial charge on any atom is 0.0208 e. The quantitative estimate of drug-likeness (QED) is 0.879. The van der Waals surface area contributed by atoms with Crippen LogP contribution in [0, 0.1) is 6.92 Å². The Balaban J connectivity index is 1.55. The highest BCUT2D eigenvalue weighted by Crippen LogP contribution is 2.34. The molecule has 0 amide bonds. The van der Waals surface area contributed by atoms with Crippen LogP contribution in [0.2, 0.25) is 0 Å². The van der Waals surface area contributed by atoms with Gasteiger partial charge in [0, 0.05) is 24.7 Å². The number of benzene rings is 1. The van der Waals surface area contributed by atoms with Crippen molar-refractivity contribution in [2.75, 3.05) is 7.05 Å². The fraction of sp³-hybridized carbons (Fsp3) is 0.625. The number of aryl methyl sites for hydroxylation is 1. The molecule has 0 radical (unpaired) electrons. The maximum atomic E-state index is 3.76. The lowest BCUT2D eigenvalue weighted by Crippen LogP contribution is -2.46. The zero-order chi connectivity index (χ0) is 12.5. The van der Waals surface area contributed by atoms with Gasteiger partial charge in [0.25, 0.3) is 0 Å². The van der Waals surface area contributed by atoms with Crippen LogP contribution in [0.1, 0.15) is 36.8 Å². The Hall–Kier alpha value is -0.860. The summed E-state index contributed by atoms with van der Waals surface area (Å²) in [4.78, 5) is 2.60. The second kappa shape index (κ2) is 5.02. The van der Waals surface area contributed by atoms with Crippen LogP contribution in [-0.4, -0.2) is 30.1 Å². The summed E-state index contributed by atoms with van der Waals surface area (Å²) in [6.07, 6.45) is 5.48. The molecule has 0 aromatic heterocycles. The van der Waals surface area contributed by atoms with Crippen molar-refractivity contribution in [3.8, 4) is 0 Å². The molecule has 2 nitrogen and oxygen atoms in total. The molecular formula is C16H24N2. The highest BCUT2D eigenvalue weighted by Gasteiger charge is 2.37. The van der Waals surface area contributed by atoms with Crippen LogP contribution in [0.3, 0.4) is 0 Å². The lowest BCUT2D eigenvalue weighted by molar-refractivity contribution is 0.148. The lowest BCUT2D eigenvalue weighted by Gasteiger charge is -2.36. The largest absolute Gasteiger partial charge is 0.310 e. The molecule has 2 aliphatic heterocycles. The minimum absolute atomic E-state index is 0.721. The van der Waals surface area contributed by atoms with Gasteiger partial charge >= 0.3 is 0 Å². The molecule has 18 heavy (non-hydrogen) atoms. The summed E-state index contributed by atoms with van der Waals surface area (Å²) in [5.74, 6) is 0. The van der Waals surface area contributed by atoms with Gasteiger partial charge < -0.3 is 10.2 Å². The Kier molecular flexibility index (Phi) is 3.40. The Morgan fingerprint density at radius 3 is 2.61 bits per heavy atom. The van der Waals surface area contributed by atoms with E-state index < -0.39 is 0 Å². The van der Waals surface area contributed by atoms with Crippen LogP contribution in [0.25, 0.3) is 0 Å². The zero-order valence-electron chi connectivity index (χ0n) is 11.5. The van der Waals surface area contributed by atoms with Gasteiger partial charge in [-0.2, -0.15) is 0 Å². The summed E-state index contributed by atoms with van der Waals surface area (Å²) in [7, 11) is 2.30. The molecule has 2 atom stereocenters. The SMILES string of the molecule is Cc1cccc(CNC2CC3CCC(C2)N3C)c1. The van der Waals surface area contributed by atoms with Crippen molar-refractivity contribution in [1.29, 1.82) is 0 Å². The molecule has 2 heteroatoms. The van der Waals surface area contributed by atoms with E-state index in [2.05, 4.69) is 48.5 Å². The van der Waals surface area contributed by atoms with E-state index in [4.69, 9.17) is 0 Å². The summed E-state index contributed by atoms with van der Waals surface area (Å²) >= 11 is 0. The predicted octanol–water partition coefficient (Wildman–Crippen LogP) is 2.71. The summed E-state index contributed by atoms with van der Waals surface area (Å²) in [6, 6.07) is 11.2. The molecule has 1 aromatic carbocycles. The molecule has 0 spiro atoms. The van der Waals surface area contributed by atoms with E-state index in [0.29, 0.717) is 0 Å². The molecule has 2 heterocycles. The average Bonchev–Trinajstić information content (AvgIpc) is 2.60. The lowest BCUT2D eigenvalue weighted by atomic mass is 9.97. The monoisotopic (exact) mass is 244 g/mol. The molecule has 2 aliphatic rings. The van der Waals surface area contributed by atoms with Gasteiger partial charge in [0.05, 0.1) is 0 Å². The highest BCUT2D eigenvalue weighted by atomic mass is 15.2. The zero-order valence-corrected chi connectivity index (χ0v) is 11.5. The van der Waals surface area contributed by atoms with Gasteiger partial charge in [-0.15, -0.1) is 0 Å². The number of hydrogen-bond donors (Lipinski definition) is 1. The van der Waals surface area contributed by atoms with Crippen LogP contribution in [-0.2, 0) is 6.54 Å². The average molecular weight is 244 g/mol. The molecule has 1 aromatic rings. The van der Waals surface area contributed by atoms with Crippen molar-refractivity contribution in [1.82, 2.24) is 10.2 Å². The molecule has 2 unspecified atom stereocenters. The molecule has 3 rings (SSSR count). The number of piperidine rings is 1. The third kappa shape index (κ3) is 2.45. The van der Waals surface area contributed by atoms with Crippen LogP contribution < -0.4 is 5.32 Å². The van der Waals surface area contributed by atoms with Crippen molar-refractivity contribution in [2.24, 2.45) is 0 Å². The molecule has 1 N–H and O–H groups in total. The second-order valence-corrected chi connectivity index (χ2v) is 6.09. The van der Waals surface area contributed by atoms with Crippen molar-refractivity contribution in [3.05, 3.63) is 35.4 Å². The van der Waals surface area contributed by atoms with E-state index in [1.807, 2.05) is 0 Å². The van der Waals surface area contributed by atoms with Crippen LogP contribution in [0.4, 0.5) is 0 Å². The summed E-state index contributed by atoms with van der Waals surface area (Å²) in [5.41, 5.74) is 2.78. The number of nitrogens with zero attached hydrogens (tertiary/aromatic N) is 1. The first-order valence-corrected chi connectivity index (χ1v) is 7.23. The molecule has 98 valence electrons. The molecular weight excluding hydrogens is 220 g/mol. The predicted molar refractivity (Wildman–Crippen MR) is 75.6 cm³/mol. The summed E-state index contributed by atoms with van der Waals surface area (Å²) in [5, 5.41) is 3.76. The first-order valence-electron chi connectivity index (χ1n) is 7.23. The van der Waals surface area contributed by atoms with Gasteiger partial charge in [-0.25, -0.2) is 0 Å².